The molecule has 4 nitrogen and oxygen atoms in total. The third-order valence-corrected chi connectivity index (χ3v) is 2.35. The zero-order valence-corrected chi connectivity index (χ0v) is 9.90. The van der Waals surface area contributed by atoms with E-state index in [0.717, 1.165) is 11.3 Å². The van der Waals surface area contributed by atoms with E-state index in [1.54, 1.807) is 18.3 Å². The van der Waals surface area contributed by atoms with Gasteiger partial charge in [-0.2, -0.15) is 0 Å². The summed E-state index contributed by atoms with van der Waals surface area (Å²) in [5.74, 6) is 0.272. The first-order chi connectivity index (χ1) is 8.15. The highest BCUT2D eigenvalue weighted by atomic mass is 35.5. The van der Waals surface area contributed by atoms with Crippen molar-refractivity contribution in [3.05, 3.63) is 41.7 Å². The highest BCUT2D eigenvalue weighted by molar-refractivity contribution is 6.30. The van der Waals surface area contributed by atoms with E-state index in [0.29, 0.717) is 10.8 Å². The van der Waals surface area contributed by atoms with Gasteiger partial charge in [-0.15, -0.1) is 0 Å². The van der Waals surface area contributed by atoms with Crippen LogP contribution in [0.2, 0.25) is 5.02 Å². The maximum atomic E-state index is 10.8. The van der Waals surface area contributed by atoms with Crippen molar-refractivity contribution in [1.82, 2.24) is 9.97 Å². The summed E-state index contributed by atoms with van der Waals surface area (Å²) in [4.78, 5) is 19.1. The van der Waals surface area contributed by atoms with Crippen LogP contribution in [0.4, 0.5) is 5.82 Å². The van der Waals surface area contributed by atoms with Crippen LogP contribution in [-0.2, 0) is 4.79 Å². The fraction of sp³-hybridized carbons (Fsp3) is 0.0833. The second-order valence-electron chi connectivity index (χ2n) is 3.47. The summed E-state index contributed by atoms with van der Waals surface area (Å²) in [5, 5.41) is 3.24. The van der Waals surface area contributed by atoms with E-state index in [2.05, 4.69) is 15.3 Å². The molecule has 2 aromatic rings. The Morgan fingerprint density at radius 1 is 1.18 bits per heavy atom. The number of aromatic nitrogens is 2. The van der Waals surface area contributed by atoms with Gasteiger partial charge < -0.3 is 5.32 Å². The van der Waals surface area contributed by atoms with Gasteiger partial charge >= 0.3 is 0 Å². The monoisotopic (exact) mass is 247 g/mol. The quantitative estimate of drug-likeness (QED) is 0.888. The fourth-order valence-corrected chi connectivity index (χ4v) is 1.47. The average molecular weight is 248 g/mol. The van der Waals surface area contributed by atoms with Gasteiger partial charge in [0.2, 0.25) is 5.91 Å². The molecule has 5 heteroatoms. The Morgan fingerprint density at radius 3 is 2.41 bits per heavy atom. The second-order valence-corrected chi connectivity index (χ2v) is 3.91. The fourth-order valence-electron chi connectivity index (χ4n) is 1.34. The topological polar surface area (TPSA) is 54.9 Å². The molecule has 0 aliphatic heterocycles. The number of rotatable bonds is 2. The number of halogens is 1. The Balaban J connectivity index is 2.23. The minimum absolute atomic E-state index is 0.168. The molecular weight excluding hydrogens is 238 g/mol. The standard InChI is InChI=1S/C12H10ClN3O/c1-8(17)16-12-7-14-11(6-15-12)9-2-4-10(13)5-3-9/h2-7H,1H3,(H,15,16,17). The van der Waals surface area contributed by atoms with E-state index >= 15 is 0 Å². The van der Waals surface area contributed by atoms with Crippen molar-refractivity contribution in [2.75, 3.05) is 5.32 Å². The van der Waals surface area contributed by atoms with Gasteiger partial charge in [0.25, 0.3) is 0 Å². The number of hydrogen-bond acceptors (Lipinski definition) is 3. The van der Waals surface area contributed by atoms with E-state index in [1.165, 1.54) is 13.1 Å². The predicted molar refractivity (Wildman–Crippen MR) is 66.8 cm³/mol. The largest absolute Gasteiger partial charge is 0.310 e. The lowest BCUT2D eigenvalue weighted by atomic mass is 10.2. The van der Waals surface area contributed by atoms with Crippen LogP contribution in [0.25, 0.3) is 11.3 Å². The number of hydrogen-bond donors (Lipinski definition) is 1. The molecule has 0 radical (unpaired) electrons. The lowest BCUT2D eigenvalue weighted by molar-refractivity contribution is -0.114. The zero-order valence-electron chi connectivity index (χ0n) is 9.14. The van der Waals surface area contributed by atoms with Crippen LogP contribution in [-0.4, -0.2) is 15.9 Å². The van der Waals surface area contributed by atoms with Crippen LogP contribution >= 0.6 is 11.6 Å². The van der Waals surface area contributed by atoms with Crippen LogP contribution in [0.3, 0.4) is 0 Å². The van der Waals surface area contributed by atoms with E-state index in [1.807, 2.05) is 12.1 Å². The lowest BCUT2D eigenvalue weighted by Gasteiger charge is -2.03. The van der Waals surface area contributed by atoms with Crippen molar-refractivity contribution >= 4 is 23.3 Å². The minimum Gasteiger partial charge on any atom is -0.310 e. The Bertz CT molecular complexity index is 522. The SMILES string of the molecule is CC(=O)Nc1cnc(-c2ccc(Cl)cc2)cn1. The first-order valence-electron chi connectivity index (χ1n) is 5.01. The smallest absolute Gasteiger partial charge is 0.222 e. The Morgan fingerprint density at radius 2 is 1.88 bits per heavy atom. The highest BCUT2D eigenvalue weighted by Crippen LogP contribution is 2.19. The van der Waals surface area contributed by atoms with E-state index in [-0.39, 0.29) is 5.91 Å². The third kappa shape index (κ3) is 3.01. The number of amides is 1. The van der Waals surface area contributed by atoms with Crippen LogP contribution in [0.15, 0.2) is 36.7 Å². The van der Waals surface area contributed by atoms with Gasteiger partial charge in [-0.25, -0.2) is 4.98 Å². The molecule has 0 saturated carbocycles. The first-order valence-corrected chi connectivity index (χ1v) is 5.38. The molecule has 1 aromatic carbocycles. The van der Waals surface area contributed by atoms with Gasteiger partial charge in [-0.3, -0.25) is 9.78 Å². The molecule has 2 rings (SSSR count). The van der Waals surface area contributed by atoms with Crippen molar-refractivity contribution in [3.8, 4) is 11.3 Å². The molecule has 1 heterocycles. The first kappa shape index (κ1) is 11.5. The molecule has 86 valence electrons. The van der Waals surface area contributed by atoms with Gasteiger partial charge in [0.15, 0.2) is 5.82 Å². The van der Waals surface area contributed by atoms with Crippen LogP contribution in [0.1, 0.15) is 6.92 Å². The van der Waals surface area contributed by atoms with Gasteiger partial charge in [0.1, 0.15) is 0 Å². The number of carbonyl (C=O) groups excluding carboxylic acids is 1. The average Bonchev–Trinajstić information content (AvgIpc) is 2.30. The van der Waals surface area contributed by atoms with E-state index in [9.17, 15) is 4.79 Å². The third-order valence-electron chi connectivity index (χ3n) is 2.10. The summed E-state index contributed by atoms with van der Waals surface area (Å²) in [5.41, 5.74) is 1.66. The van der Waals surface area contributed by atoms with Crippen LogP contribution < -0.4 is 5.32 Å². The lowest BCUT2D eigenvalue weighted by Crippen LogP contribution is -2.07. The highest BCUT2D eigenvalue weighted by Gasteiger charge is 2.01. The van der Waals surface area contributed by atoms with Gasteiger partial charge in [0, 0.05) is 17.5 Å². The van der Waals surface area contributed by atoms with E-state index < -0.39 is 0 Å². The summed E-state index contributed by atoms with van der Waals surface area (Å²) in [6.07, 6.45) is 3.12. The summed E-state index contributed by atoms with van der Waals surface area (Å²) in [6.45, 7) is 1.43. The molecule has 0 saturated heterocycles. The summed E-state index contributed by atoms with van der Waals surface area (Å²) >= 11 is 5.80. The second kappa shape index (κ2) is 4.93. The summed E-state index contributed by atoms with van der Waals surface area (Å²) in [7, 11) is 0. The molecule has 1 amide bonds. The van der Waals surface area contributed by atoms with Crippen LogP contribution in [0.5, 0.6) is 0 Å². The van der Waals surface area contributed by atoms with Gasteiger partial charge in [0.05, 0.1) is 18.1 Å². The number of nitrogens with one attached hydrogen (secondary N) is 1. The Kier molecular flexibility index (Phi) is 3.35. The summed E-state index contributed by atoms with van der Waals surface area (Å²) in [6, 6.07) is 7.31. The van der Waals surface area contributed by atoms with E-state index in [4.69, 9.17) is 11.6 Å². The predicted octanol–water partition coefficient (Wildman–Crippen LogP) is 2.76. The number of carbonyl (C=O) groups is 1. The maximum Gasteiger partial charge on any atom is 0.222 e. The van der Waals surface area contributed by atoms with Crippen molar-refractivity contribution in [3.63, 3.8) is 0 Å². The molecule has 0 atom stereocenters. The van der Waals surface area contributed by atoms with Gasteiger partial charge in [-0.05, 0) is 12.1 Å². The molecule has 0 aliphatic carbocycles. The summed E-state index contributed by atoms with van der Waals surface area (Å²) < 4.78 is 0. The number of nitrogens with zero attached hydrogens (tertiary/aromatic N) is 2. The molecular formula is C12H10ClN3O. The number of anilines is 1. The molecule has 1 aromatic heterocycles. The molecule has 0 unspecified atom stereocenters. The Hall–Kier alpha value is -1.94. The van der Waals surface area contributed by atoms with Crippen LogP contribution in [0, 0.1) is 0 Å². The zero-order chi connectivity index (χ0) is 12.3. The normalized spacial score (nSPS) is 10.0. The van der Waals surface area contributed by atoms with Crippen molar-refractivity contribution < 1.29 is 4.79 Å². The molecule has 0 spiro atoms. The molecule has 1 N–H and O–H groups in total. The molecule has 0 fully saturated rings. The maximum absolute atomic E-state index is 10.8. The molecule has 17 heavy (non-hydrogen) atoms. The van der Waals surface area contributed by atoms with Crippen molar-refractivity contribution in [1.29, 1.82) is 0 Å². The van der Waals surface area contributed by atoms with Crippen molar-refractivity contribution in [2.45, 2.75) is 6.92 Å². The van der Waals surface area contributed by atoms with Crippen molar-refractivity contribution in [2.24, 2.45) is 0 Å². The molecule has 0 bridgehead atoms. The number of benzene rings is 1. The Labute approximate surface area is 104 Å². The molecule has 0 aliphatic rings. The minimum atomic E-state index is -0.168. The van der Waals surface area contributed by atoms with Gasteiger partial charge in [-0.1, -0.05) is 23.7 Å².